The van der Waals surface area contributed by atoms with E-state index in [-0.39, 0.29) is 18.2 Å². The third-order valence-corrected chi connectivity index (χ3v) is 5.40. The number of methoxy groups -OCH3 is 1. The van der Waals surface area contributed by atoms with E-state index in [2.05, 4.69) is 16.0 Å². The van der Waals surface area contributed by atoms with Gasteiger partial charge in [0, 0.05) is 32.2 Å². The minimum Gasteiger partial charge on any atom is -0.494 e. The van der Waals surface area contributed by atoms with Gasteiger partial charge in [-0.15, -0.1) is 0 Å². The number of amides is 2. The molecular weight excluding hydrogens is 414 g/mol. The normalized spacial score (nSPS) is 14.5. The van der Waals surface area contributed by atoms with Crippen molar-refractivity contribution in [1.29, 1.82) is 0 Å². The van der Waals surface area contributed by atoms with Crippen molar-refractivity contribution in [2.75, 3.05) is 32.2 Å². The maximum absolute atomic E-state index is 12.6. The molecule has 1 saturated carbocycles. The van der Waals surface area contributed by atoms with E-state index < -0.39 is 12.1 Å². The fraction of sp³-hybridized carbons (Fsp3) is 0.609. The van der Waals surface area contributed by atoms with E-state index in [4.69, 9.17) is 14.6 Å². The number of carboxylic acid groups (broad SMARTS) is 1. The molecule has 9 heteroatoms. The molecule has 4 N–H and O–H groups in total. The van der Waals surface area contributed by atoms with Crippen LogP contribution in [0.3, 0.4) is 0 Å². The molecule has 1 aliphatic rings. The summed E-state index contributed by atoms with van der Waals surface area (Å²) in [6.07, 6.45) is 5.63. The molecule has 32 heavy (non-hydrogen) atoms. The van der Waals surface area contributed by atoms with E-state index in [9.17, 15) is 14.4 Å². The van der Waals surface area contributed by atoms with Crippen LogP contribution in [0.5, 0.6) is 5.75 Å². The monoisotopic (exact) mass is 449 g/mol. The molecule has 9 nitrogen and oxygen atoms in total. The SMILES string of the molecule is COCCNC(=O)C(NC(=O)CCC1CCCC1)Nc1ccc(OCCCC(=O)O)cc1. The topological polar surface area (TPSA) is 126 Å². The van der Waals surface area contributed by atoms with Crippen molar-refractivity contribution in [1.82, 2.24) is 10.6 Å². The van der Waals surface area contributed by atoms with Crippen molar-refractivity contribution in [2.45, 2.75) is 57.5 Å². The van der Waals surface area contributed by atoms with Crippen molar-refractivity contribution in [3.8, 4) is 5.75 Å². The average molecular weight is 450 g/mol. The van der Waals surface area contributed by atoms with E-state index in [0.29, 0.717) is 50.0 Å². The second kappa shape index (κ2) is 14.3. The first-order valence-electron chi connectivity index (χ1n) is 11.2. The van der Waals surface area contributed by atoms with E-state index in [1.807, 2.05) is 0 Å². The van der Waals surface area contributed by atoms with Crippen molar-refractivity contribution in [3.63, 3.8) is 0 Å². The molecule has 0 aliphatic heterocycles. The number of hydrogen-bond acceptors (Lipinski definition) is 6. The molecule has 0 bridgehead atoms. The highest BCUT2D eigenvalue weighted by Crippen LogP contribution is 2.28. The molecule has 0 saturated heterocycles. The minimum absolute atomic E-state index is 0.0555. The van der Waals surface area contributed by atoms with Gasteiger partial charge in [0.2, 0.25) is 5.91 Å². The number of nitrogens with one attached hydrogen (secondary N) is 3. The van der Waals surface area contributed by atoms with Crippen molar-refractivity contribution >= 4 is 23.5 Å². The molecule has 0 aromatic heterocycles. The smallest absolute Gasteiger partial charge is 0.303 e. The second-order valence-electron chi connectivity index (χ2n) is 7.99. The molecule has 178 valence electrons. The van der Waals surface area contributed by atoms with E-state index in [1.165, 1.54) is 25.7 Å². The van der Waals surface area contributed by atoms with Gasteiger partial charge in [0.05, 0.1) is 13.2 Å². The first-order chi connectivity index (χ1) is 15.5. The third-order valence-electron chi connectivity index (χ3n) is 5.40. The Labute approximate surface area is 189 Å². The number of carboxylic acids is 1. The second-order valence-corrected chi connectivity index (χ2v) is 7.99. The molecule has 2 amide bonds. The van der Waals surface area contributed by atoms with Gasteiger partial charge in [0.1, 0.15) is 5.75 Å². The van der Waals surface area contributed by atoms with Gasteiger partial charge in [-0.3, -0.25) is 14.4 Å². The zero-order valence-electron chi connectivity index (χ0n) is 18.7. The lowest BCUT2D eigenvalue weighted by molar-refractivity contribution is -0.137. The molecule has 0 radical (unpaired) electrons. The molecule has 1 aromatic rings. The molecule has 1 unspecified atom stereocenters. The van der Waals surface area contributed by atoms with Crippen LogP contribution in [0.25, 0.3) is 0 Å². The van der Waals surface area contributed by atoms with Crippen LogP contribution in [0.2, 0.25) is 0 Å². The summed E-state index contributed by atoms with van der Waals surface area (Å²) in [5, 5.41) is 17.3. The lowest BCUT2D eigenvalue weighted by atomic mass is 10.0. The Hall–Kier alpha value is -2.81. The van der Waals surface area contributed by atoms with Gasteiger partial charge in [-0.25, -0.2) is 0 Å². The first-order valence-corrected chi connectivity index (χ1v) is 11.2. The Bertz CT molecular complexity index is 719. The lowest BCUT2D eigenvalue weighted by Crippen LogP contribution is -2.51. The number of carbonyl (C=O) groups excluding carboxylic acids is 2. The summed E-state index contributed by atoms with van der Waals surface area (Å²) in [6.45, 7) is 1.03. The van der Waals surface area contributed by atoms with Crippen LogP contribution >= 0.6 is 0 Å². The summed E-state index contributed by atoms with van der Waals surface area (Å²) in [7, 11) is 1.55. The highest BCUT2D eigenvalue weighted by molar-refractivity contribution is 5.89. The van der Waals surface area contributed by atoms with E-state index in [0.717, 1.165) is 6.42 Å². The molecule has 1 aliphatic carbocycles. The number of hydrogen-bond donors (Lipinski definition) is 4. The highest BCUT2D eigenvalue weighted by Gasteiger charge is 2.22. The predicted octanol–water partition coefficient (Wildman–Crippen LogP) is 2.52. The van der Waals surface area contributed by atoms with Gasteiger partial charge in [-0.1, -0.05) is 25.7 Å². The summed E-state index contributed by atoms with van der Waals surface area (Å²) in [6, 6.07) is 6.94. The minimum atomic E-state index is -0.912. The number of ether oxygens (including phenoxy) is 2. The van der Waals surface area contributed by atoms with Gasteiger partial charge in [0.15, 0.2) is 6.17 Å². The van der Waals surface area contributed by atoms with E-state index in [1.54, 1.807) is 31.4 Å². The summed E-state index contributed by atoms with van der Waals surface area (Å²) < 4.78 is 10.5. The number of benzene rings is 1. The van der Waals surface area contributed by atoms with Crippen LogP contribution in [-0.4, -0.2) is 55.9 Å². The number of carbonyl (C=O) groups is 3. The van der Waals surface area contributed by atoms with Crippen molar-refractivity contribution < 1.29 is 29.0 Å². The van der Waals surface area contributed by atoms with Crippen LogP contribution in [-0.2, 0) is 19.1 Å². The Morgan fingerprint density at radius 2 is 1.81 bits per heavy atom. The number of aliphatic carboxylic acids is 1. The van der Waals surface area contributed by atoms with Crippen molar-refractivity contribution in [3.05, 3.63) is 24.3 Å². The van der Waals surface area contributed by atoms with Crippen molar-refractivity contribution in [2.24, 2.45) is 5.92 Å². The molecule has 1 aromatic carbocycles. The standard InChI is InChI=1S/C23H35N3O6/c1-31-16-14-24-23(30)22(26-20(27)13-8-17-5-2-3-6-17)25-18-9-11-19(12-10-18)32-15-4-7-21(28)29/h9-12,17,22,25H,2-8,13-16H2,1H3,(H,24,30)(H,26,27)(H,28,29). The first kappa shape index (κ1) is 25.5. The predicted molar refractivity (Wildman–Crippen MR) is 120 cm³/mol. The molecule has 1 atom stereocenters. The fourth-order valence-electron chi connectivity index (χ4n) is 3.64. The molecule has 2 rings (SSSR count). The number of rotatable bonds is 15. The Balaban J connectivity index is 1.88. The van der Waals surface area contributed by atoms with Crippen LogP contribution in [0, 0.1) is 5.92 Å². The van der Waals surface area contributed by atoms with Gasteiger partial charge in [0.25, 0.3) is 5.91 Å². The summed E-state index contributed by atoms with van der Waals surface area (Å²) in [4.78, 5) is 35.6. The van der Waals surface area contributed by atoms with Gasteiger partial charge in [-0.05, 0) is 43.0 Å². The Morgan fingerprint density at radius 1 is 1.09 bits per heavy atom. The van der Waals surface area contributed by atoms with Crippen LogP contribution in [0.4, 0.5) is 5.69 Å². The highest BCUT2D eigenvalue weighted by atomic mass is 16.5. The molecule has 0 heterocycles. The van der Waals surface area contributed by atoms with Gasteiger partial charge < -0.3 is 30.5 Å². The van der Waals surface area contributed by atoms with Crippen LogP contribution in [0.15, 0.2) is 24.3 Å². The van der Waals surface area contributed by atoms with Gasteiger partial charge in [-0.2, -0.15) is 0 Å². The average Bonchev–Trinajstić information content (AvgIpc) is 3.29. The maximum atomic E-state index is 12.6. The zero-order valence-corrected chi connectivity index (χ0v) is 18.7. The number of anilines is 1. The lowest BCUT2D eigenvalue weighted by Gasteiger charge is -2.21. The Kier molecular flexibility index (Phi) is 11.4. The van der Waals surface area contributed by atoms with Crippen LogP contribution < -0.4 is 20.7 Å². The summed E-state index contributed by atoms with van der Waals surface area (Å²) >= 11 is 0. The Morgan fingerprint density at radius 3 is 2.47 bits per heavy atom. The maximum Gasteiger partial charge on any atom is 0.303 e. The summed E-state index contributed by atoms with van der Waals surface area (Å²) in [5.41, 5.74) is 0.644. The van der Waals surface area contributed by atoms with Crippen LogP contribution in [0.1, 0.15) is 51.4 Å². The molecular formula is C23H35N3O6. The van der Waals surface area contributed by atoms with Gasteiger partial charge >= 0.3 is 5.97 Å². The third kappa shape index (κ3) is 10.00. The fourth-order valence-corrected chi connectivity index (χ4v) is 3.64. The molecule has 0 spiro atoms. The summed E-state index contributed by atoms with van der Waals surface area (Å²) in [5.74, 6) is -0.151. The largest absolute Gasteiger partial charge is 0.494 e. The zero-order chi connectivity index (χ0) is 23.2. The quantitative estimate of drug-likeness (QED) is 0.239. The molecule has 1 fully saturated rings. The van der Waals surface area contributed by atoms with E-state index >= 15 is 0 Å².